The third-order valence-electron chi connectivity index (χ3n) is 9.09. The van der Waals surface area contributed by atoms with Crippen LogP contribution in [0.4, 0.5) is 0 Å². The van der Waals surface area contributed by atoms with Crippen LogP contribution < -0.4 is 25.7 Å². The van der Waals surface area contributed by atoms with Crippen LogP contribution in [0.1, 0.15) is 81.2 Å². The summed E-state index contributed by atoms with van der Waals surface area (Å²) in [6.07, 6.45) is 7.18. The van der Waals surface area contributed by atoms with E-state index in [-0.39, 0.29) is 40.7 Å². The molecular formula is C32H34MgN4O2-2. The van der Waals surface area contributed by atoms with Gasteiger partial charge in [-0.25, -0.2) is 0 Å². The molecule has 8 bridgehead atoms. The molecule has 0 amide bonds. The van der Waals surface area contributed by atoms with E-state index in [4.69, 9.17) is 25.0 Å². The molecule has 1 aliphatic carbocycles. The Labute approximate surface area is 246 Å². The number of carbonyl (C=O) groups is 1. The second-order valence-electron chi connectivity index (χ2n) is 11.1. The molecule has 0 aromatic carbocycles. The quantitative estimate of drug-likeness (QED) is 0.479. The van der Waals surface area contributed by atoms with Crippen molar-refractivity contribution in [3.8, 4) is 0 Å². The third kappa shape index (κ3) is 4.04. The molecule has 3 aromatic rings. The van der Waals surface area contributed by atoms with Crippen LogP contribution in [-0.2, 0) is 4.74 Å². The predicted molar refractivity (Wildman–Crippen MR) is 156 cm³/mol. The van der Waals surface area contributed by atoms with Crippen molar-refractivity contribution < 1.29 is 9.53 Å². The molecule has 0 unspecified atom stereocenters. The van der Waals surface area contributed by atoms with Crippen molar-refractivity contribution in [1.82, 2.24) is 15.0 Å². The Morgan fingerprint density at radius 3 is 2.00 bits per heavy atom. The van der Waals surface area contributed by atoms with Gasteiger partial charge in [-0.2, -0.15) is 11.4 Å². The number of nitrogens with zero attached hydrogens (tertiary/aromatic N) is 4. The SMILES string of the molecule is CC[C@@H]1/C2=C3/c4[n-]c(c(C)c4C(=O)[C@@H]3COC)/C=c3\[n-]/c(c(C)c3C)=C\c3[n-]c(c(C)c3C)/C=C(\[N-]2)[C@H]1C.[Mg+2]. The Kier molecular flexibility index (Phi) is 7.15. The molecular weight excluding hydrogens is 497 g/mol. The summed E-state index contributed by atoms with van der Waals surface area (Å²) in [6.45, 7) is 15.2. The van der Waals surface area contributed by atoms with Crippen molar-refractivity contribution >= 4 is 52.6 Å². The van der Waals surface area contributed by atoms with Gasteiger partial charge in [-0.1, -0.05) is 71.9 Å². The number of ether oxygens (including phenoxy) is 1. The average molecular weight is 531 g/mol. The first-order chi connectivity index (χ1) is 18.2. The summed E-state index contributed by atoms with van der Waals surface area (Å²) in [7, 11) is 1.65. The fourth-order valence-electron chi connectivity index (χ4n) is 6.36. The normalized spacial score (nSPS) is 26.3. The van der Waals surface area contributed by atoms with E-state index < -0.39 is 5.92 Å². The molecule has 2 aliphatic heterocycles. The van der Waals surface area contributed by atoms with Gasteiger partial charge in [-0.3, -0.25) is 4.79 Å². The molecule has 7 heteroatoms. The van der Waals surface area contributed by atoms with E-state index in [1.54, 1.807) is 7.11 Å². The maximum Gasteiger partial charge on any atom is 2.00 e. The number of hydrogen-bond acceptors (Lipinski definition) is 2. The van der Waals surface area contributed by atoms with Crippen LogP contribution in [0.5, 0.6) is 0 Å². The Bertz CT molecular complexity index is 1690. The topological polar surface area (TPSA) is 82.7 Å². The van der Waals surface area contributed by atoms with E-state index >= 15 is 0 Å². The van der Waals surface area contributed by atoms with Gasteiger partial charge < -0.3 is 25.0 Å². The first-order valence-electron chi connectivity index (χ1n) is 13.5. The molecule has 1 saturated heterocycles. The first kappa shape index (κ1) is 27.8. The molecule has 39 heavy (non-hydrogen) atoms. The number of aromatic nitrogens is 3. The van der Waals surface area contributed by atoms with Gasteiger partial charge >= 0.3 is 23.1 Å². The Hall–Kier alpha value is -2.74. The monoisotopic (exact) mass is 530 g/mol. The molecule has 5 heterocycles. The van der Waals surface area contributed by atoms with E-state index in [2.05, 4.69) is 53.7 Å². The van der Waals surface area contributed by atoms with Gasteiger partial charge in [0, 0.05) is 12.7 Å². The molecule has 6 rings (SSSR count). The molecule has 1 fully saturated rings. The molecule has 0 saturated carbocycles. The molecule has 6 nitrogen and oxygen atoms in total. The van der Waals surface area contributed by atoms with Crippen LogP contribution in [0.15, 0.2) is 11.4 Å². The second-order valence-corrected chi connectivity index (χ2v) is 11.1. The largest absolute Gasteiger partial charge is 2.00 e. The standard InChI is InChI=1S/C32H35N4O2.Mg/c1-9-20-18(6)26-11-24-16(4)14(2)22(33-24)10-23-15(3)17(5)25(34-23)12-27-19(7)28-31(36-27)29(30(20)35-26)21(13-38-8)32(28)37;/h10-12,18,20-21H,9,13H2,1-8H3,(H-,35,36,37);/q-3;+2/p-1/b23-10-,25-12-,26-11-;/t18-,20-,21+;/m0./s1. The minimum atomic E-state index is -0.390. The number of ketones is 1. The Balaban J connectivity index is 0.00000308. The zero-order chi connectivity index (χ0) is 27.0. The van der Waals surface area contributed by atoms with Crippen molar-refractivity contribution in [3.05, 3.63) is 83.6 Å². The maximum absolute atomic E-state index is 13.8. The van der Waals surface area contributed by atoms with E-state index in [9.17, 15) is 4.79 Å². The maximum atomic E-state index is 13.8. The third-order valence-corrected chi connectivity index (χ3v) is 9.09. The van der Waals surface area contributed by atoms with Crippen molar-refractivity contribution in [2.45, 2.75) is 54.9 Å². The van der Waals surface area contributed by atoms with Crippen LogP contribution in [0.3, 0.4) is 0 Å². The summed E-state index contributed by atoms with van der Waals surface area (Å²) in [6, 6.07) is 0. The van der Waals surface area contributed by atoms with Crippen LogP contribution in [0.2, 0.25) is 0 Å². The number of methoxy groups -OCH3 is 1. The van der Waals surface area contributed by atoms with Gasteiger partial charge in [0.2, 0.25) is 0 Å². The first-order valence-corrected chi connectivity index (χ1v) is 13.5. The van der Waals surface area contributed by atoms with Crippen molar-refractivity contribution in [2.24, 2.45) is 17.8 Å². The van der Waals surface area contributed by atoms with Crippen molar-refractivity contribution in [2.75, 3.05) is 13.7 Å². The van der Waals surface area contributed by atoms with E-state index in [1.807, 2.05) is 13.0 Å². The second kappa shape index (κ2) is 10.0. The van der Waals surface area contributed by atoms with Gasteiger partial charge in [0.25, 0.3) is 0 Å². The zero-order valence-corrected chi connectivity index (χ0v) is 25.6. The molecule has 0 spiro atoms. The summed E-state index contributed by atoms with van der Waals surface area (Å²) in [4.78, 5) is 28.9. The van der Waals surface area contributed by atoms with E-state index in [1.165, 1.54) is 0 Å². The predicted octanol–water partition coefficient (Wildman–Crippen LogP) is 3.95. The molecule has 3 aromatic heterocycles. The van der Waals surface area contributed by atoms with Crippen molar-refractivity contribution in [1.29, 1.82) is 0 Å². The van der Waals surface area contributed by atoms with Crippen LogP contribution >= 0.6 is 0 Å². The zero-order valence-electron chi connectivity index (χ0n) is 24.2. The molecule has 3 atom stereocenters. The Morgan fingerprint density at radius 1 is 0.821 bits per heavy atom. The van der Waals surface area contributed by atoms with Crippen molar-refractivity contribution in [3.63, 3.8) is 0 Å². The van der Waals surface area contributed by atoms with Gasteiger partial charge in [0.1, 0.15) is 0 Å². The summed E-state index contributed by atoms with van der Waals surface area (Å²) in [5.41, 5.74) is 12.6. The smallest absolute Gasteiger partial charge is 0.664 e. The van der Waals surface area contributed by atoms with Gasteiger partial charge in [-0.05, 0) is 46.5 Å². The minimum absolute atomic E-state index is 0. The summed E-state index contributed by atoms with van der Waals surface area (Å²) in [5.74, 6) is 0.0886. The number of fused-ring (bicyclic) bond motifs is 7. The van der Waals surface area contributed by atoms with Crippen LogP contribution in [0.25, 0.3) is 29.1 Å². The summed E-state index contributed by atoms with van der Waals surface area (Å²) >= 11 is 0. The number of Topliss-reactive ketones (excluding diaryl/α,β-unsaturated/α-hetero) is 1. The summed E-state index contributed by atoms with van der Waals surface area (Å²) < 4.78 is 5.56. The van der Waals surface area contributed by atoms with Gasteiger partial charge in [0.15, 0.2) is 5.78 Å². The summed E-state index contributed by atoms with van der Waals surface area (Å²) in [5, 5.41) is 7.03. The van der Waals surface area contributed by atoms with E-state index in [0.717, 1.165) is 84.7 Å². The van der Waals surface area contributed by atoms with Gasteiger partial charge in [0.05, 0.1) is 12.5 Å². The van der Waals surface area contributed by atoms with Gasteiger partial charge in [-0.15, -0.1) is 33.5 Å². The number of hydrogen-bond donors (Lipinski definition) is 0. The van der Waals surface area contributed by atoms with E-state index in [0.29, 0.717) is 12.2 Å². The number of carbonyl (C=O) groups excluding carboxylic acids is 1. The Morgan fingerprint density at radius 2 is 1.41 bits per heavy atom. The molecule has 0 N–H and O–H groups in total. The number of allylic oxidation sites excluding steroid dienone is 2. The fourth-order valence-corrected chi connectivity index (χ4v) is 6.36. The average Bonchev–Trinajstić information content (AvgIpc) is 3.60. The molecule has 198 valence electrons. The number of rotatable bonds is 3. The molecule has 0 radical (unpaired) electrons. The van der Waals surface area contributed by atoms with Crippen LogP contribution in [0, 0.1) is 52.4 Å². The van der Waals surface area contributed by atoms with Crippen LogP contribution in [-0.4, -0.2) is 42.6 Å². The minimum Gasteiger partial charge on any atom is -0.664 e. The fraction of sp³-hybridized carbons (Fsp3) is 0.406. The molecule has 3 aliphatic rings.